The first-order valence-electron chi connectivity index (χ1n) is 9.26. The maximum atomic E-state index is 9.88. The van der Waals surface area contributed by atoms with Crippen LogP contribution in [0.25, 0.3) is 0 Å². The molecular weight excluding hydrogens is 344 g/mol. The third kappa shape index (κ3) is 4.23. The van der Waals surface area contributed by atoms with Crippen LogP contribution in [0.15, 0.2) is 0 Å². The molecule has 3 fully saturated rings. The van der Waals surface area contributed by atoms with Crippen LogP contribution >= 0.6 is 0 Å². The number of hydrogen-bond acceptors (Lipinski definition) is 8. The molecule has 7 atom stereocenters. The summed E-state index contributed by atoms with van der Waals surface area (Å²) >= 11 is 0. The van der Waals surface area contributed by atoms with Gasteiger partial charge in [-0.05, 0) is 26.7 Å². The van der Waals surface area contributed by atoms with Gasteiger partial charge >= 0.3 is 0 Å². The normalized spacial score (nSPS) is 45.8. The predicted molar refractivity (Wildman–Crippen MR) is 90.5 cm³/mol. The molecular formula is C18H32O8. The van der Waals surface area contributed by atoms with E-state index in [-0.39, 0.29) is 38.0 Å². The van der Waals surface area contributed by atoms with Crippen molar-refractivity contribution in [2.75, 3.05) is 34.4 Å². The van der Waals surface area contributed by atoms with Crippen molar-refractivity contribution >= 4 is 0 Å². The van der Waals surface area contributed by atoms with Gasteiger partial charge in [0, 0.05) is 27.1 Å². The van der Waals surface area contributed by atoms with Gasteiger partial charge in [0.15, 0.2) is 6.29 Å². The van der Waals surface area contributed by atoms with E-state index in [0.29, 0.717) is 19.4 Å². The zero-order chi connectivity index (χ0) is 18.8. The first-order valence-corrected chi connectivity index (χ1v) is 9.26. The van der Waals surface area contributed by atoms with Crippen molar-refractivity contribution in [2.45, 2.75) is 81.4 Å². The number of hydrogen-bond donors (Lipinski definition) is 1. The zero-order valence-corrected chi connectivity index (χ0v) is 16.1. The SMILES string of the molecule is COCOC[C@@]1(C)O[C@H]2CC[C@@]3(C)OC(O)C[C@@H]3O[C@@H]2C[C@@H]1OCOC. The smallest absolute Gasteiger partial charge is 0.157 e. The summed E-state index contributed by atoms with van der Waals surface area (Å²) in [6.07, 6.45) is 1.38. The molecule has 0 aromatic rings. The Bertz CT molecular complexity index is 462. The van der Waals surface area contributed by atoms with Gasteiger partial charge in [-0.2, -0.15) is 0 Å². The van der Waals surface area contributed by atoms with E-state index in [9.17, 15) is 5.11 Å². The number of ether oxygens (including phenoxy) is 7. The lowest BCUT2D eigenvalue weighted by atomic mass is 9.86. The zero-order valence-electron chi connectivity index (χ0n) is 16.1. The molecule has 152 valence electrons. The fraction of sp³-hybridized carbons (Fsp3) is 1.00. The first-order chi connectivity index (χ1) is 12.4. The molecule has 0 spiro atoms. The van der Waals surface area contributed by atoms with Crippen LogP contribution in [0, 0.1) is 0 Å². The molecule has 1 N–H and O–H groups in total. The Hall–Kier alpha value is -0.320. The largest absolute Gasteiger partial charge is 0.369 e. The molecule has 3 heterocycles. The van der Waals surface area contributed by atoms with E-state index in [1.165, 1.54) is 0 Å². The summed E-state index contributed by atoms with van der Waals surface area (Å²) in [6, 6.07) is 0. The third-order valence-electron chi connectivity index (χ3n) is 5.71. The van der Waals surface area contributed by atoms with Gasteiger partial charge in [-0.15, -0.1) is 0 Å². The molecule has 8 heteroatoms. The van der Waals surface area contributed by atoms with Gasteiger partial charge < -0.3 is 38.3 Å². The maximum Gasteiger partial charge on any atom is 0.157 e. The Labute approximate surface area is 155 Å². The Kier molecular flexibility index (Phi) is 6.57. The lowest BCUT2D eigenvalue weighted by molar-refractivity contribution is -0.274. The Balaban J connectivity index is 1.72. The topological polar surface area (TPSA) is 84.8 Å². The molecule has 3 rings (SSSR count). The highest BCUT2D eigenvalue weighted by atomic mass is 16.7. The average molecular weight is 376 g/mol. The van der Waals surface area contributed by atoms with Gasteiger partial charge in [0.25, 0.3) is 0 Å². The van der Waals surface area contributed by atoms with Crippen LogP contribution in [0.1, 0.15) is 39.5 Å². The number of aliphatic hydroxyl groups is 1. The number of fused-ring (bicyclic) bond motifs is 2. The van der Waals surface area contributed by atoms with E-state index in [0.717, 1.165) is 12.8 Å². The highest BCUT2D eigenvalue weighted by molar-refractivity contribution is 5.01. The highest BCUT2D eigenvalue weighted by Crippen LogP contribution is 2.44. The van der Waals surface area contributed by atoms with Gasteiger partial charge in [-0.1, -0.05) is 0 Å². The lowest BCUT2D eigenvalue weighted by Crippen LogP contribution is -2.58. The third-order valence-corrected chi connectivity index (χ3v) is 5.71. The van der Waals surface area contributed by atoms with E-state index in [2.05, 4.69) is 0 Å². The van der Waals surface area contributed by atoms with Crippen molar-refractivity contribution in [1.82, 2.24) is 0 Å². The molecule has 3 aliphatic rings. The van der Waals surface area contributed by atoms with E-state index >= 15 is 0 Å². The fourth-order valence-electron chi connectivity index (χ4n) is 4.27. The second-order valence-electron chi connectivity index (χ2n) is 7.84. The van der Waals surface area contributed by atoms with E-state index in [4.69, 9.17) is 33.2 Å². The lowest BCUT2D eigenvalue weighted by Gasteiger charge is -2.47. The first kappa shape index (κ1) is 20.4. The van der Waals surface area contributed by atoms with Gasteiger partial charge in [0.05, 0.1) is 36.6 Å². The van der Waals surface area contributed by atoms with Crippen LogP contribution in [0.5, 0.6) is 0 Å². The molecule has 3 saturated heterocycles. The van der Waals surface area contributed by atoms with Gasteiger partial charge in [-0.25, -0.2) is 0 Å². The molecule has 26 heavy (non-hydrogen) atoms. The summed E-state index contributed by atoms with van der Waals surface area (Å²) in [4.78, 5) is 0. The quantitative estimate of drug-likeness (QED) is 0.524. The summed E-state index contributed by atoms with van der Waals surface area (Å²) in [5.74, 6) is 0. The highest BCUT2D eigenvalue weighted by Gasteiger charge is 2.54. The second kappa shape index (κ2) is 8.36. The Morgan fingerprint density at radius 3 is 2.54 bits per heavy atom. The van der Waals surface area contributed by atoms with Gasteiger partial charge in [0.1, 0.15) is 19.2 Å². The summed E-state index contributed by atoms with van der Waals surface area (Å²) < 4.78 is 40.1. The number of aliphatic hydroxyl groups excluding tert-OH is 1. The fourth-order valence-corrected chi connectivity index (χ4v) is 4.27. The van der Waals surface area contributed by atoms with E-state index in [1.54, 1.807) is 14.2 Å². The molecule has 8 nitrogen and oxygen atoms in total. The minimum Gasteiger partial charge on any atom is -0.369 e. The molecule has 0 aliphatic carbocycles. The van der Waals surface area contributed by atoms with Crippen molar-refractivity contribution in [3.63, 3.8) is 0 Å². The molecule has 0 radical (unpaired) electrons. The van der Waals surface area contributed by atoms with Gasteiger partial charge in [0.2, 0.25) is 0 Å². The molecule has 1 unspecified atom stereocenters. The second-order valence-corrected chi connectivity index (χ2v) is 7.84. The summed E-state index contributed by atoms with van der Waals surface area (Å²) in [7, 11) is 3.18. The van der Waals surface area contributed by atoms with Crippen LogP contribution in [0.4, 0.5) is 0 Å². The monoisotopic (exact) mass is 376 g/mol. The minimum absolute atomic E-state index is 0.0725. The van der Waals surface area contributed by atoms with Crippen LogP contribution in [-0.2, 0) is 33.2 Å². The van der Waals surface area contributed by atoms with Crippen LogP contribution in [-0.4, -0.2) is 81.4 Å². The molecule has 3 aliphatic heterocycles. The van der Waals surface area contributed by atoms with Crippen molar-refractivity contribution in [3.05, 3.63) is 0 Å². The minimum atomic E-state index is -0.765. The maximum absolute atomic E-state index is 9.88. The molecule has 0 bridgehead atoms. The molecule has 0 saturated carbocycles. The predicted octanol–water partition coefficient (Wildman–Crippen LogP) is 1.19. The Morgan fingerprint density at radius 1 is 1.04 bits per heavy atom. The van der Waals surface area contributed by atoms with E-state index in [1.807, 2.05) is 13.8 Å². The summed E-state index contributed by atoms with van der Waals surface area (Å²) in [5, 5.41) is 9.88. The van der Waals surface area contributed by atoms with Crippen LogP contribution in [0.2, 0.25) is 0 Å². The standard InChI is InChI=1S/C18H32O8/c1-17-6-5-12-13(24-15(17)8-16(19)26-17)7-14(23-11-21-4)18(2,25-12)9-22-10-20-3/h12-16,19H,5-11H2,1-4H3/t12-,13+,14-,15-,16?,17+,18+/m0/s1. The van der Waals surface area contributed by atoms with Crippen LogP contribution < -0.4 is 0 Å². The van der Waals surface area contributed by atoms with Crippen molar-refractivity contribution in [3.8, 4) is 0 Å². The summed E-state index contributed by atoms with van der Waals surface area (Å²) in [5.41, 5.74) is -1.10. The molecule has 0 aromatic carbocycles. The molecule has 0 aromatic heterocycles. The number of methoxy groups -OCH3 is 2. The van der Waals surface area contributed by atoms with Crippen molar-refractivity contribution < 1.29 is 38.3 Å². The van der Waals surface area contributed by atoms with Gasteiger partial charge in [-0.3, -0.25) is 0 Å². The van der Waals surface area contributed by atoms with E-state index < -0.39 is 17.5 Å². The van der Waals surface area contributed by atoms with Crippen molar-refractivity contribution in [1.29, 1.82) is 0 Å². The molecule has 0 amide bonds. The van der Waals surface area contributed by atoms with Crippen LogP contribution in [0.3, 0.4) is 0 Å². The Morgan fingerprint density at radius 2 is 1.81 bits per heavy atom. The average Bonchev–Trinajstić information content (AvgIpc) is 2.81. The number of rotatable bonds is 7. The summed E-state index contributed by atoms with van der Waals surface area (Å²) in [6.45, 7) is 4.73. The van der Waals surface area contributed by atoms with Crippen molar-refractivity contribution in [2.24, 2.45) is 0 Å².